The van der Waals surface area contributed by atoms with Crippen LogP contribution >= 0.6 is 0 Å². The molecule has 5 heteroatoms. The number of benzene rings is 3. The highest BCUT2D eigenvalue weighted by atomic mass is 16.5. The standard InChI is InChI=1S/C34H44N2O3/c1-32(2,3)28-21-38-30(35-28)34(7,31-36-29(22-39-31)33(4,5)6)17-12-18-37-20-27-25-15-10-8-13-23(25)19-24-14-9-11-16-26(24)27/h8-11,13-16,19,28-29H,12,17-18,20-22H2,1-7H3/t28-,29-/m1/s1. The van der Waals surface area contributed by atoms with E-state index in [-0.39, 0.29) is 22.9 Å². The van der Waals surface area contributed by atoms with Crippen molar-refractivity contribution in [3.63, 3.8) is 0 Å². The van der Waals surface area contributed by atoms with Gasteiger partial charge in [-0.15, -0.1) is 0 Å². The number of aliphatic imine (C=N–C) groups is 2. The van der Waals surface area contributed by atoms with Gasteiger partial charge in [0.15, 0.2) is 11.8 Å². The summed E-state index contributed by atoms with van der Waals surface area (Å²) in [6.45, 7) is 17.9. The van der Waals surface area contributed by atoms with Crippen LogP contribution in [-0.4, -0.2) is 43.7 Å². The average Bonchev–Trinajstić information content (AvgIpc) is 3.59. The van der Waals surface area contributed by atoms with Crippen molar-refractivity contribution in [2.75, 3.05) is 19.8 Å². The molecule has 5 rings (SSSR count). The molecule has 0 amide bonds. The molecule has 2 heterocycles. The van der Waals surface area contributed by atoms with Crippen LogP contribution in [0.3, 0.4) is 0 Å². The van der Waals surface area contributed by atoms with Crippen LogP contribution in [0.2, 0.25) is 0 Å². The summed E-state index contributed by atoms with van der Waals surface area (Å²) >= 11 is 0. The van der Waals surface area contributed by atoms with Gasteiger partial charge in [-0.25, -0.2) is 9.98 Å². The quantitative estimate of drug-likeness (QED) is 0.220. The number of nitrogens with zero attached hydrogens (tertiary/aromatic N) is 2. The fourth-order valence-corrected chi connectivity index (χ4v) is 5.51. The van der Waals surface area contributed by atoms with E-state index in [0.29, 0.717) is 26.4 Å². The molecule has 0 N–H and O–H groups in total. The van der Waals surface area contributed by atoms with Gasteiger partial charge in [0.1, 0.15) is 18.6 Å². The zero-order valence-electron chi connectivity index (χ0n) is 24.7. The van der Waals surface area contributed by atoms with Crippen molar-refractivity contribution in [3.8, 4) is 0 Å². The predicted octanol–water partition coefficient (Wildman–Crippen LogP) is 7.98. The van der Waals surface area contributed by atoms with Crippen LogP contribution in [-0.2, 0) is 20.8 Å². The minimum atomic E-state index is -0.504. The first kappa shape index (κ1) is 27.6. The second kappa shape index (κ2) is 10.6. The number of ether oxygens (including phenoxy) is 3. The van der Waals surface area contributed by atoms with E-state index < -0.39 is 5.41 Å². The smallest absolute Gasteiger partial charge is 0.199 e. The highest BCUT2D eigenvalue weighted by Crippen LogP contribution is 2.39. The third-order valence-electron chi connectivity index (χ3n) is 8.34. The van der Waals surface area contributed by atoms with E-state index in [9.17, 15) is 0 Å². The van der Waals surface area contributed by atoms with Crippen LogP contribution < -0.4 is 0 Å². The maximum Gasteiger partial charge on any atom is 0.199 e. The maximum atomic E-state index is 6.35. The van der Waals surface area contributed by atoms with Crippen molar-refractivity contribution in [1.82, 2.24) is 0 Å². The highest BCUT2D eigenvalue weighted by Gasteiger charge is 2.47. The lowest BCUT2D eigenvalue weighted by Gasteiger charge is -2.28. The lowest BCUT2D eigenvalue weighted by atomic mass is 9.83. The van der Waals surface area contributed by atoms with Gasteiger partial charge in [0.2, 0.25) is 0 Å². The molecular weight excluding hydrogens is 484 g/mol. The Kier molecular flexibility index (Phi) is 7.49. The minimum absolute atomic E-state index is 0.0410. The Morgan fingerprint density at radius 1 is 0.744 bits per heavy atom. The van der Waals surface area contributed by atoms with Gasteiger partial charge < -0.3 is 14.2 Å². The molecule has 39 heavy (non-hydrogen) atoms. The summed E-state index contributed by atoms with van der Waals surface area (Å²) in [5.41, 5.74) is 0.827. The lowest BCUT2D eigenvalue weighted by molar-refractivity contribution is 0.113. The van der Waals surface area contributed by atoms with Crippen LogP contribution in [0, 0.1) is 16.2 Å². The van der Waals surface area contributed by atoms with E-state index in [1.54, 1.807) is 0 Å². The van der Waals surface area contributed by atoms with Gasteiger partial charge in [0.05, 0.1) is 18.7 Å². The SMILES string of the molecule is CC(CCCOCc1c2ccccc2cc2ccccc12)(C1=N[C@@H](C(C)(C)C)CO1)C1=N[C@@H](C(C)(C)C)CO1. The summed E-state index contributed by atoms with van der Waals surface area (Å²) in [7, 11) is 0. The Labute approximate surface area is 233 Å². The molecule has 0 bridgehead atoms. The van der Waals surface area contributed by atoms with Crippen LogP contribution in [0.4, 0.5) is 0 Å². The van der Waals surface area contributed by atoms with Gasteiger partial charge in [-0.1, -0.05) is 90.1 Å². The van der Waals surface area contributed by atoms with Gasteiger partial charge in [-0.3, -0.25) is 0 Å². The second-order valence-electron chi connectivity index (χ2n) is 13.5. The molecule has 208 valence electrons. The Bertz CT molecular complexity index is 1300. The Morgan fingerprint density at radius 2 is 1.23 bits per heavy atom. The van der Waals surface area contributed by atoms with Crippen LogP contribution in [0.1, 0.15) is 66.9 Å². The summed E-state index contributed by atoms with van der Waals surface area (Å²) in [5.74, 6) is 1.52. The van der Waals surface area contributed by atoms with Crippen molar-refractivity contribution < 1.29 is 14.2 Å². The van der Waals surface area contributed by atoms with Gasteiger partial charge in [0, 0.05) is 6.61 Å². The average molecular weight is 529 g/mol. The van der Waals surface area contributed by atoms with Crippen molar-refractivity contribution >= 4 is 33.3 Å². The van der Waals surface area contributed by atoms with Crippen molar-refractivity contribution in [2.24, 2.45) is 26.2 Å². The van der Waals surface area contributed by atoms with Crippen LogP contribution in [0.25, 0.3) is 21.5 Å². The molecule has 2 aliphatic rings. The van der Waals surface area contributed by atoms with Crippen molar-refractivity contribution in [2.45, 2.75) is 80.0 Å². The molecule has 0 unspecified atom stereocenters. The monoisotopic (exact) mass is 528 g/mol. The number of hydrogen-bond acceptors (Lipinski definition) is 5. The molecular formula is C34H44N2O3. The fraction of sp³-hybridized carbons (Fsp3) is 0.529. The van der Waals surface area contributed by atoms with E-state index in [0.717, 1.165) is 24.6 Å². The van der Waals surface area contributed by atoms with E-state index in [4.69, 9.17) is 24.2 Å². The summed E-state index contributed by atoms with van der Waals surface area (Å²) in [6, 6.07) is 19.7. The van der Waals surface area contributed by atoms with Gasteiger partial charge in [-0.05, 0) is 63.8 Å². The molecule has 0 aromatic heterocycles. The molecule has 0 fully saturated rings. The fourth-order valence-electron chi connectivity index (χ4n) is 5.51. The molecule has 5 nitrogen and oxygen atoms in total. The molecule has 3 aromatic rings. The molecule has 0 radical (unpaired) electrons. The zero-order chi connectivity index (χ0) is 27.8. The Hall–Kier alpha value is -2.92. The summed E-state index contributed by atoms with van der Waals surface area (Å²) in [6.07, 6.45) is 1.65. The molecule has 2 atom stereocenters. The minimum Gasteiger partial charge on any atom is -0.478 e. The van der Waals surface area contributed by atoms with Crippen molar-refractivity contribution in [3.05, 3.63) is 60.2 Å². The normalized spacial score (nSPS) is 20.2. The molecule has 2 aliphatic heterocycles. The molecule has 0 saturated carbocycles. The lowest BCUT2D eigenvalue weighted by Crippen LogP contribution is -2.37. The topological polar surface area (TPSA) is 52.4 Å². The van der Waals surface area contributed by atoms with E-state index in [2.05, 4.69) is 103 Å². The largest absolute Gasteiger partial charge is 0.478 e. The first-order valence-corrected chi connectivity index (χ1v) is 14.4. The number of rotatable bonds is 8. The molecule has 0 saturated heterocycles. The molecule has 3 aromatic carbocycles. The van der Waals surface area contributed by atoms with E-state index in [1.165, 1.54) is 27.1 Å². The van der Waals surface area contributed by atoms with Crippen molar-refractivity contribution in [1.29, 1.82) is 0 Å². The first-order chi connectivity index (χ1) is 18.5. The van der Waals surface area contributed by atoms with Gasteiger partial charge in [-0.2, -0.15) is 0 Å². The molecule has 0 spiro atoms. The summed E-state index contributed by atoms with van der Waals surface area (Å²) < 4.78 is 18.9. The Morgan fingerprint density at radius 3 is 1.69 bits per heavy atom. The zero-order valence-corrected chi connectivity index (χ0v) is 24.7. The highest BCUT2D eigenvalue weighted by molar-refractivity contribution is 6.06. The van der Waals surface area contributed by atoms with E-state index in [1.807, 2.05) is 0 Å². The number of fused-ring (bicyclic) bond motifs is 2. The first-order valence-electron chi connectivity index (χ1n) is 14.4. The van der Waals surface area contributed by atoms with Gasteiger partial charge >= 0.3 is 0 Å². The number of hydrogen-bond donors (Lipinski definition) is 0. The van der Waals surface area contributed by atoms with Crippen LogP contribution in [0.5, 0.6) is 0 Å². The van der Waals surface area contributed by atoms with Crippen LogP contribution in [0.15, 0.2) is 64.6 Å². The third kappa shape index (κ3) is 5.70. The van der Waals surface area contributed by atoms with E-state index >= 15 is 0 Å². The van der Waals surface area contributed by atoms with Gasteiger partial charge in [0.25, 0.3) is 0 Å². The Balaban J connectivity index is 1.33. The third-order valence-corrected chi connectivity index (χ3v) is 8.34. The second-order valence-corrected chi connectivity index (χ2v) is 13.5. The predicted molar refractivity (Wildman–Crippen MR) is 162 cm³/mol. The summed E-state index contributed by atoms with van der Waals surface area (Å²) in [5, 5.41) is 5.00. The molecule has 0 aliphatic carbocycles. The summed E-state index contributed by atoms with van der Waals surface area (Å²) in [4.78, 5) is 10.1. The maximum absolute atomic E-state index is 6.35.